The van der Waals surface area contributed by atoms with E-state index in [9.17, 15) is 23.3 Å². The number of nitrogens with zero attached hydrogens (tertiary/aromatic N) is 1. The lowest BCUT2D eigenvalue weighted by Gasteiger charge is -2.13. The molecular weight excluding hydrogens is 328 g/mol. The monoisotopic (exact) mass is 344 g/mol. The van der Waals surface area contributed by atoms with E-state index < -0.39 is 32.4 Å². The maximum absolute atomic E-state index is 12.3. The van der Waals surface area contributed by atoms with Crippen LogP contribution in [0.2, 0.25) is 0 Å². The molecule has 1 amide bonds. The van der Waals surface area contributed by atoms with Crippen molar-refractivity contribution >= 4 is 21.4 Å². The van der Waals surface area contributed by atoms with Crippen LogP contribution < -0.4 is 14.8 Å². The van der Waals surface area contributed by atoms with E-state index in [1.807, 2.05) is 0 Å². The van der Waals surface area contributed by atoms with Gasteiger partial charge in [0.15, 0.2) is 21.3 Å². The number of hydrogen-bond donors (Lipinski definition) is 1. The van der Waals surface area contributed by atoms with E-state index in [1.54, 1.807) is 0 Å². The second-order valence-electron chi connectivity index (χ2n) is 5.05. The van der Waals surface area contributed by atoms with E-state index in [0.717, 1.165) is 6.07 Å². The van der Waals surface area contributed by atoms with E-state index in [2.05, 4.69) is 5.32 Å². The molecule has 10 heteroatoms. The number of carbonyl (C=O) groups excluding carboxylic acids is 1. The van der Waals surface area contributed by atoms with E-state index in [1.165, 1.54) is 20.3 Å². The van der Waals surface area contributed by atoms with Crippen LogP contribution in [-0.4, -0.2) is 51.0 Å². The molecule has 0 saturated carbocycles. The molecule has 0 radical (unpaired) electrons. The van der Waals surface area contributed by atoms with Crippen molar-refractivity contribution in [2.75, 3.05) is 25.7 Å². The molecule has 9 nitrogen and oxygen atoms in total. The average molecular weight is 344 g/mol. The number of hydrogen-bond acceptors (Lipinski definition) is 7. The molecule has 1 atom stereocenters. The van der Waals surface area contributed by atoms with Gasteiger partial charge < -0.3 is 14.8 Å². The number of rotatable bonds is 5. The summed E-state index contributed by atoms with van der Waals surface area (Å²) in [7, 11) is -0.500. The zero-order chi connectivity index (χ0) is 17.2. The van der Waals surface area contributed by atoms with Crippen LogP contribution >= 0.6 is 0 Å². The number of sulfone groups is 1. The minimum absolute atomic E-state index is 0.00796. The summed E-state index contributed by atoms with van der Waals surface area (Å²) in [4.78, 5) is 22.8. The van der Waals surface area contributed by atoms with Crippen LogP contribution in [0, 0.1) is 10.1 Å². The van der Waals surface area contributed by atoms with Gasteiger partial charge in [0.1, 0.15) is 5.56 Å². The number of nitrogens with one attached hydrogen (secondary N) is 1. The van der Waals surface area contributed by atoms with Gasteiger partial charge in [0, 0.05) is 12.1 Å². The third-order valence-electron chi connectivity index (χ3n) is 3.51. The summed E-state index contributed by atoms with van der Waals surface area (Å²) < 4.78 is 32.9. The van der Waals surface area contributed by atoms with Crippen molar-refractivity contribution in [3.05, 3.63) is 27.8 Å². The summed E-state index contributed by atoms with van der Waals surface area (Å²) in [6.45, 7) is 0. The van der Waals surface area contributed by atoms with Gasteiger partial charge in [-0.3, -0.25) is 14.9 Å². The number of methoxy groups -OCH3 is 2. The van der Waals surface area contributed by atoms with Crippen molar-refractivity contribution in [1.82, 2.24) is 5.32 Å². The highest BCUT2D eigenvalue weighted by atomic mass is 32.2. The quantitative estimate of drug-likeness (QED) is 0.610. The molecule has 1 fully saturated rings. The summed E-state index contributed by atoms with van der Waals surface area (Å²) in [6.07, 6.45) is 0.287. The van der Waals surface area contributed by atoms with Crippen molar-refractivity contribution in [3.8, 4) is 11.5 Å². The molecule has 0 bridgehead atoms. The van der Waals surface area contributed by atoms with Crippen LogP contribution in [0.5, 0.6) is 11.5 Å². The van der Waals surface area contributed by atoms with Crippen LogP contribution in [-0.2, 0) is 9.84 Å². The van der Waals surface area contributed by atoms with Gasteiger partial charge in [-0.25, -0.2) is 8.42 Å². The molecule has 23 heavy (non-hydrogen) atoms. The normalized spacial score (nSPS) is 19.1. The van der Waals surface area contributed by atoms with E-state index in [4.69, 9.17) is 9.47 Å². The zero-order valence-corrected chi connectivity index (χ0v) is 13.4. The third-order valence-corrected chi connectivity index (χ3v) is 5.28. The molecule has 0 spiro atoms. The second-order valence-corrected chi connectivity index (χ2v) is 7.28. The standard InChI is InChI=1S/C13H16N2O7S/c1-21-11-5-9(10(15(17)18)6-12(11)22-2)13(16)14-8-3-4-23(19,20)7-8/h5-6,8H,3-4,7H2,1-2H3,(H,14,16). The Kier molecular flexibility index (Phi) is 4.73. The Labute approximate surface area is 132 Å². The molecule has 126 valence electrons. The highest BCUT2D eigenvalue weighted by Gasteiger charge is 2.31. The van der Waals surface area contributed by atoms with Gasteiger partial charge in [-0.15, -0.1) is 0 Å². The van der Waals surface area contributed by atoms with Crippen LogP contribution in [0.1, 0.15) is 16.8 Å². The molecule has 0 aromatic heterocycles. The smallest absolute Gasteiger partial charge is 0.286 e. The topological polar surface area (TPSA) is 125 Å². The first-order chi connectivity index (χ1) is 10.8. The van der Waals surface area contributed by atoms with Crippen LogP contribution in [0.3, 0.4) is 0 Å². The van der Waals surface area contributed by atoms with Crippen molar-refractivity contribution in [1.29, 1.82) is 0 Å². The van der Waals surface area contributed by atoms with Crippen molar-refractivity contribution in [3.63, 3.8) is 0 Å². The molecule has 1 unspecified atom stereocenters. The van der Waals surface area contributed by atoms with Gasteiger partial charge >= 0.3 is 0 Å². The molecule has 1 heterocycles. The predicted molar refractivity (Wildman–Crippen MR) is 80.7 cm³/mol. The van der Waals surface area contributed by atoms with Gasteiger partial charge in [-0.2, -0.15) is 0 Å². The Morgan fingerprint density at radius 1 is 1.30 bits per heavy atom. The fourth-order valence-corrected chi connectivity index (χ4v) is 4.05. The minimum Gasteiger partial charge on any atom is -0.493 e. The number of benzene rings is 1. The molecule has 1 aliphatic heterocycles. The van der Waals surface area contributed by atoms with Gasteiger partial charge in [-0.1, -0.05) is 0 Å². The number of nitro benzene ring substituents is 1. The third kappa shape index (κ3) is 3.70. The maximum atomic E-state index is 12.3. The molecule has 1 aromatic rings. The molecule has 1 aliphatic rings. The Morgan fingerprint density at radius 3 is 2.39 bits per heavy atom. The fourth-order valence-electron chi connectivity index (χ4n) is 2.37. The lowest BCUT2D eigenvalue weighted by molar-refractivity contribution is -0.385. The number of carbonyl (C=O) groups is 1. The number of ether oxygens (including phenoxy) is 2. The average Bonchev–Trinajstić information content (AvgIpc) is 2.84. The predicted octanol–water partition coefficient (Wildman–Crippen LogP) is 0.529. The van der Waals surface area contributed by atoms with Gasteiger partial charge in [0.2, 0.25) is 0 Å². The van der Waals surface area contributed by atoms with E-state index >= 15 is 0 Å². The zero-order valence-electron chi connectivity index (χ0n) is 12.6. The van der Waals surface area contributed by atoms with Crippen LogP contribution in [0.25, 0.3) is 0 Å². The van der Waals surface area contributed by atoms with E-state index in [0.29, 0.717) is 0 Å². The Balaban J connectivity index is 2.33. The molecule has 1 aromatic carbocycles. The lowest BCUT2D eigenvalue weighted by Crippen LogP contribution is -2.35. The summed E-state index contributed by atoms with van der Waals surface area (Å²) in [5.41, 5.74) is -0.655. The Hall–Kier alpha value is -2.36. The van der Waals surface area contributed by atoms with Crippen molar-refractivity contribution in [2.45, 2.75) is 12.5 Å². The lowest BCUT2D eigenvalue weighted by atomic mass is 10.1. The highest BCUT2D eigenvalue weighted by Crippen LogP contribution is 2.34. The SMILES string of the molecule is COc1cc(C(=O)NC2CCS(=O)(=O)C2)c([N+](=O)[O-])cc1OC. The number of nitro groups is 1. The Bertz CT molecular complexity index is 745. The Morgan fingerprint density at radius 2 is 1.91 bits per heavy atom. The fraction of sp³-hybridized carbons (Fsp3) is 0.462. The van der Waals surface area contributed by atoms with Gasteiger partial charge in [0.25, 0.3) is 11.6 Å². The molecule has 1 saturated heterocycles. The van der Waals surface area contributed by atoms with Crippen molar-refractivity contribution in [2.24, 2.45) is 0 Å². The molecule has 2 rings (SSSR count). The van der Waals surface area contributed by atoms with Crippen molar-refractivity contribution < 1.29 is 27.6 Å². The first-order valence-corrected chi connectivity index (χ1v) is 8.51. The van der Waals surface area contributed by atoms with Crippen LogP contribution in [0.4, 0.5) is 5.69 Å². The van der Waals surface area contributed by atoms with Gasteiger partial charge in [0.05, 0.1) is 36.7 Å². The molecular formula is C13H16N2O7S. The first-order valence-electron chi connectivity index (χ1n) is 6.69. The molecule has 1 N–H and O–H groups in total. The maximum Gasteiger partial charge on any atom is 0.286 e. The molecule has 0 aliphatic carbocycles. The van der Waals surface area contributed by atoms with E-state index in [-0.39, 0.29) is 35.0 Å². The minimum atomic E-state index is -3.17. The highest BCUT2D eigenvalue weighted by molar-refractivity contribution is 7.91. The summed E-state index contributed by atoms with van der Waals surface area (Å²) in [5.74, 6) is -0.604. The largest absolute Gasteiger partial charge is 0.493 e. The van der Waals surface area contributed by atoms with Crippen LogP contribution in [0.15, 0.2) is 12.1 Å². The first kappa shape index (κ1) is 17.0. The summed E-state index contributed by atoms with van der Waals surface area (Å²) >= 11 is 0. The second kappa shape index (κ2) is 6.41. The summed E-state index contributed by atoms with van der Waals surface area (Å²) in [6, 6.07) is 1.75. The number of amides is 1. The summed E-state index contributed by atoms with van der Waals surface area (Å²) in [5, 5.41) is 13.7. The van der Waals surface area contributed by atoms with Gasteiger partial charge in [-0.05, 0) is 6.42 Å².